The van der Waals surface area contributed by atoms with Crippen LogP contribution in [0.25, 0.3) is 6.08 Å². The van der Waals surface area contributed by atoms with Gasteiger partial charge < -0.3 is 19.2 Å². The van der Waals surface area contributed by atoms with E-state index < -0.39 is 11.9 Å². The van der Waals surface area contributed by atoms with E-state index in [2.05, 4.69) is 10.1 Å². The Balaban J connectivity index is 2.26. The molecule has 0 aliphatic rings. The molecule has 1 aromatic heterocycles. The van der Waals surface area contributed by atoms with E-state index in [1.165, 1.54) is 19.3 Å². The number of rotatable bonds is 6. The summed E-state index contributed by atoms with van der Waals surface area (Å²) < 4.78 is 15.5. The number of nitriles is 1. The number of carbonyl (C=O) groups is 2. The summed E-state index contributed by atoms with van der Waals surface area (Å²) in [6.07, 6.45) is 1.26. The maximum Gasteiger partial charge on any atom is 0.341 e. The average molecular weight is 354 g/mol. The molecule has 0 saturated carbocycles. The van der Waals surface area contributed by atoms with Crippen LogP contribution >= 0.6 is 0 Å². The van der Waals surface area contributed by atoms with Crippen molar-refractivity contribution in [1.82, 2.24) is 0 Å². The summed E-state index contributed by atoms with van der Waals surface area (Å²) in [7, 11) is 1.26. The SMILES string of the molecule is CCOc1ccccc1NC(=O)/C(C#N)=C/c1cc(C(=O)OC)c(C)o1. The number of ether oxygens (including phenoxy) is 2. The zero-order valence-electron chi connectivity index (χ0n) is 14.7. The molecule has 26 heavy (non-hydrogen) atoms. The fourth-order valence-electron chi connectivity index (χ4n) is 2.22. The predicted octanol–water partition coefficient (Wildman–Crippen LogP) is 3.32. The molecule has 134 valence electrons. The molecule has 0 fully saturated rings. The lowest BCUT2D eigenvalue weighted by Crippen LogP contribution is -2.14. The first-order valence-corrected chi connectivity index (χ1v) is 7.83. The van der Waals surface area contributed by atoms with Crippen molar-refractivity contribution in [2.75, 3.05) is 19.0 Å². The molecule has 2 aromatic rings. The smallest absolute Gasteiger partial charge is 0.341 e. The summed E-state index contributed by atoms with van der Waals surface area (Å²) in [6, 6.07) is 10.2. The first kappa shape index (κ1) is 18.8. The molecule has 7 nitrogen and oxygen atoms in total. The Labute approximate surface area is 150 Å². The highest BCUT2D eigenvalue weighted by atomic mass is 16.5. The fourth-order valence-corrected chi connectivity index (χ4v) is 2.22. The van der Waals surface area contributed by atoms with E-state index in [4.69, 9.17) is 9.15 Å². The average Bonchev–Trinajstić information content (AvgIpc) is 3.01. The number of para-hydroxylation sites is 2. The van der Waals surface area contributed by atoms with Gasteiger partial charge in [-0.3, -0.25) is 4.79 Å². The molecule has 2 rings (SSSR count). The molecule has 0 aliphatic heterocycles. The zero-order chi connectivity index (χ0) is 19.1. The number of nitrogens with one attached hydrogen (secondary N) is 1. The van der Waals surface area contributed by atoms with Crippen molar-refractivity contribution in [1.29, 1.82) is 5.26 Å². The lowest BCUT2D eigenvalue weighted by molar-refractivity contribution is -0.112. The molecule has 1 heterocycles. The van der Waals surface area contributed by atoms with Gasteiger partial charge in [0.05, 0.1) is 19.4 Å². The Morgan fingerprint density at radius 2 is 2.08 bits per heavy atom. The van der Waals surface area contributed by atoms with Gasteiger partial charge >= 0.3 is 5.97 Å². The number of aryl methyl sites for hydroxylation is 1. The Hall–Kier alpha value is -3.53. The predicted molar refractivity (Wildman–Crippen MR) is 94.6 cm³/mol. The summed E-state index contributed by atoms with van der Waals surface area (Å²) in [5.74, 6) is -0.134. The van der Waals surface area contributed by atoms with E-state index >= 15 is 0 Å². The van der Waals surface area contributed by atoms with E-state index in [9.17, 15) is 14.9 Å². The maximum atomic E-state index is 12.4. The van der Waals surface area contributed by atoms with E-state index in [1.807, 2.05) is 13.0 Å². The molecule has 0 bridgehead atoms. The fraction of sp³-hybridized carbons (Fsp3) is 0.211. The molecule has 1 amide bonds. The third-order valence-electron chi connectivity index (χ3n) is 3.43. The van der Waals surface area contributed by atoms with E-state index in [1.54, 1.807) is 31.2 Å². The largest absolute Gasteiger partial charge is 0.492 e. The second-order valence-corrected chi connectivity index (χ2v) is 5.16. The lowest BCUT2D eigenvalue weighted by atomic mass is 10.2. The van der Waals surface area contributed by atoms with Crippen LogP contribution in [0.5, 0.6) is 5.75 Å². The van der Waals surface area contributed by atoms with Crippen LogP contribution in [-0.4, -0.2) is 25.6 Å². The van der Waals surface area contributed by atoms with Gasteiger partial charge in [-0.25, -0.2) is 4.79 Å². The van der Waals surface area contributed by atoms with Crippen LogP contribution < -0.4 is 10.1 Å². The standard InChI is InChI=1S/C19H18N2O5/c1-4-25-17-8-6-5-7-16(17)21-18(22)13(11-20)9-14-10-15(12(2)26-14)19(23)24-3/h5-10H,4H2,1-3H3,(H,21,22)/b13-9+. The Kier molecular flexibility index (Phi) is 6.17. The van der Waals surface area contributed by atoms with Gasteiger partial charge in [0.15, 0.2) is 0 Å². The summed E-state index contributed by atoms with van der Waals surface area (Å²) in [4.78, 5) is 24.0. The Bertz CT molecular complexity index is 890. The van der Waals surface area contributed by atoms with Gasteiger partial charge in [0.1, 0.15) is 34.5 Å². The van der Waals surface area contributed by atoms with Crippen molar-refractivity contribution < 1.29 is 23.5 Å². The molecule has 0 atom stereocenters. The summed E-state index contributed by atoms with van der Waals surface area (Å²) in [5, 5.41) is 11.9. The van der Waals surface area contributed by atoms with Gasteiger partial charge in [0.25, 0.3) is 5.91 Å². The molecule has 7 heteroatoms. The molecular weight excluding hydrogens is 336 g/mol. The van der Waals surface area contributed by atoms with Crippen LogP contribution in [0.4, 0.5) is 5.69 Å². The number of esters is 1. The molecule has 0 aliphatic carbocycles. The minimum atomic E-state index is -0.617. The molecule has 0 spiro atoms. The number of benzene rings is 1. The van der Waals surface area contributed by atoms with Crippen LogP contribution in [0.3, 0.4) is 0 Å². The summed E-state index contributed by atoms with van der Waals surface area (Å²) in [5.41, 5.74) is 0.506. The topological polar surface area (TPSA) is 102 Å². The quantitative estimate of drug-likeness (QED) is 0.485. The number of hydrogen-bond donors (Lipinski definition) is 1. The van der Waals surface area contributed by atoms with Crippen LogP contribution in [0.1, 0.15) is 28.8 Å². The van der Waals surface area contributed by atoms with E-state index in [0.717, 1.165) is 0 Å². The number of carbonyl (C=O) groups excluding carboxylic acids is 2. The van der Waals surface area contributed by atoms with Crippen molar-refractivity contribution in [3.63, 3.8) is 0 Å². The normalized spacial score (nSPS) is 10.8. The van der Waals surface area contributed by atoms with Crippen molar-refractivity contribution in [3.05, 3.63) is 53.0 Å². The number of amides is 1. The van der Waals surface area contributed by atoms with Crippen LogP contribution in [0, 0.1) is 18.3 Å². The van der Waals surface area contributed by atoms with E-state index in [0.29, 0.717) is 23.8 Å². The molecule has 0 saturated heterocycles. The minimum absolute atomic E-state index is 0.179. The Morgan fingerprint density at radius 1 is 1.35 bits per heavy atom. The van der Waals surface area contributed by atoms with E-state index in [-0.39, 0.29) is 16.9 Å². The number of methoxy groups -OCH3 is 1. The van der Waals surface area contributed by atoms with Crippen LogP contribution in [0.15, 0.2) is 40.3 Å². The van der Waals surface area contributed by atoms with Gasteiger partial charge in [0.2, 0.25) is 0 Å². The first-order valence-electron chi connectivity index (χ1n) is 7.83. The van der Waals surface area contributed by atoms with Crippen molar-refractivity contribution >= 4 is 23.6 Å². The first-order chi connectivity index (χ1) is 12.5. The highest BCUT2D eigenvalue weighted by Crippen LogP contribution is 2.24. The molecule has 0 unspecified atom stereocenters. The van der Waals surface area contributed by atoms with Gasteiger partial charge in [-0.15, -0.1) is 0 Å². The minimum Gasteiger partial charge on any atom is -0.492 e. The highest BCUT2D eigenvalue weighted by Gasteiger charge is 2.17. The number of anilines is 1. The molecular formula is C19H18N2O5. The van der Waals surface area contributed by atoms with Crippen molar-refractivity contribution in [3.8, 4) is 11.8 Å². The van der Waals surface area contributed by atoms with Crippen LogP contribution in [0.2, 0.25) is 0 Å². The Morgan fingerprint density at radius 3 is 2.73 bits per heavy atom. The molecule has 1 N–H and O–H groups in total. The molecule has 1 aromatic carbocycles. The van der Waals surface area contributed by atoms with Crippen molar-refractivity contribution in [2.45, 2.75) is 13.8 Å². The monoisotopic (exact) mass is 354 g/mol. The second kappa shape index (κ2) is 8.53. The highest BCUT2D eigenvalue weighted by molar-refractivity contribution is 6.10. The van der Waals surface area contributed by atoms with Crippen LogP contribution in [-0.2, 0) is 9.53 Å². The zero-order valence-corrected chi connectivity index (χ0v) is 14.7. The van der Waals surface area contributed by atoms with Gasteiger partial charge in [-0.1, -0.05) is 12.1 Å². The van der Waals surface area contributed by atoms with Gasteiger partial charge in [-0.05, 0) is 32.0 Å². The van der Waals surface area contributed by atoms with Gasteiger partial charge in [0, 0.05) is 6.08 Å². The number of furan rings is 1. The summed E-state index contributed by atoms with van der Waals surface area (Å²) >= 11 is 0. The third kappa shape index (κ3) is 4.30. The number of hydrogen-bond acceptors (Lipinski definition) is 6. The molecule has 0 radical (unpaired) electrons. The second-order valence-electron chi connectivity index (χ2n) is 5.16. The van der Waals surface area contributed by atoms with Gasteiger partial charge in [-0.2, -0.15) is 5.26 Å². The lowest BCUT2D eigenvalue weighted by Gasteiger charge is -2.10. The number of nitrogens with zero attached hydrogens (tertiary/aromatic N) is 1. The summed E-state index contributed by atoms with van der Waals surface area (Å²) in [6.45, 7) is 3.86. The third-order valence-corrected chi connectivity index (χ3v) is 3.43. The van der Waals surface area contributed by atoms with Crippen molar-refractivity contribution in [2.24, 2.45) is 0 Å². The maximum absolute atomic E-state index is 12.4.